The molecular formula is C24H27ClN4O6. The summed E-state index contributed by atoms with van der Waals surface area (Å²) >= 11 is 6.40. The molecule has 1 aliphatic rings. The van der Waals surface area contributed by atoms with E-state index in [1.54, 1.807) is 30.5 Å². The normalized spacial score (nSPS) is 13.6. The monoisotopic (exact) mass is 502 g/mol. The molecule has 0 aliphatic heterocycles. The number of halogens is 1. The second kappa shape index (κ2) is 12.4. The van der Waals surface area contributed by atoms with Crippen molar-refractivity contribution in [1.29, 1.82) is 0 Å². The molecule has 1 saturated carbocycles. The summed E-state index contributed by atoms with van der Waals surface area (Å²) in [6.45, 7) is 1.13. The van der Waals surface area contributed by atoms with Crippen LogP contribution in [0.3, 0.4) is 0 Å². The second-order valence-corrected chi connectivity index (χ2v) is 8.49. The Morgan fingerprint density at radius 2 is 1.94 bits per heavy atom. The molecule has 1 aliphatic carbocycles. The lowest BCUT2D eigenvalue weighted by molar-refractivity contribution is -0.135. The Morgan fingerprint density at radius 3 is 2.74 bits per heavy atom. The molecule has 0 spiro atoms. The average molecular weight is 503 g/mol. The maximum atomic E-state index is 10.5. The van der Waals surface area contributed by atoms with Gasteiger partial charge in [-0.2, -0.15) is 4.98 Å². The molecule has 0 unspecified atom stereocenters. The summed E-state index contributed by atoms with van der Waals surface area (Å²) in [5.41, 5.74) is 0.634. The van der Waals surface area contributed by atoms with Crippen LogP contribution < -0.4 is 19.5 Å². The van der Waals surface area contributed by atoms with Crippen LogP contribution in [0, 0.1) is 5.92 Å². The fourth-order valence-electron chi connectivity index (χ4n) is 3.75. The Hall–Kier alpha value is -3.37. The predicted molar refractivity (Wildman–Crippen MR) is 127 cm³/mol. The first-order valence-electron chi connectivity index (χ1n) is 11.5. The van der Waals surface area contributed by atoms with Gasteiger partial charge in [0.05, 0.1) is 13.2 Å². The minimum atomic E-state index is -0.931. The molecule has 186 valence electrons. The topological polar surface area (TPSA) is 129 Å². The summed E-state index contributed by atoms with van der Waals surface area (Å²) in [6.07, 6.45) is 6.53. The summed E-state index contributed by atoms with van der Waals surface area (Å²) in [6, 6.07) is 8.77. The molecule has 11 heteroatoms. The van der Waals surface area contributed by atoms with Crippen LogP contribution in [0.4, 0.5) is 0 Å². The smallest absolute Gasteiger partial charge is 0.317 e. The van der Waals surface area contributed by atoms with E-state index in [1.165, 1.54) is 25.7 Å². The lowest BCUT2D eigenvalue weighted by atomic mass is 10.1. The van der Waals surface area contributed by atoms with Gasteiger partial charge in [-0.3, -0.25) is 4.79 Å². The average Bonchev–Trinajstić information content (AvgIpc) is 3.55. The highest BCUT2D eigenvalue weighted by molar-refractivity contribution is 6.33. The van der Waals surface area contributed by atoms with E-state index in [9.17, 15) is 4.79 Å². The van der Waals surface area contributed by atoms with Crippen molar-refractivity contribution in [3.05, 3.63) is 47.4 Å². The van der Waals surface area contributed by atoms with Crippen molar-refractivity contribution in [3.8, 4) is 28.8 Å². The van der Waals surface area contributed by atoms with Crippen molar-refractivity contribution < 1.29 is 28.6 Å². The zero-order valence-corrected chi connectivity index (χ0v) is 19.9. The van der Waals surface area contributed by atoms with Gasteiger partial charge in [-0.25, -0.2) is 4.98 Å². The van der Waals surface area contributed by atoms with Gasteiger partial charge < -0.3 is 29.2 Å². The Kier molecular flexibility index (Phi) is 8.74. The number of aliphatic carboxylic acids is 1. The molecule has 35 heavy (non-hydrogen) atoms. The number of hydrogen-bond acceptors (Lipinski definition) is 9. The van der Waals surface area contributed by atoms with Crippen LogP contribution in [0.15, 0.2) is 41.1 Å². The first-order chi connectivity index (χ1) is 17.1. The maximum Gasteiger partial charge on any atom is 0.317 e. The molecular weight excluding hydrogens is 476 g/mol. The summed E-state index contributed by atoms with van der Waals surface area (Å²) in [4.78, 5) is 19.3. The molecule has 1 aromatic carbocycles. The third-order valence-corrected chi connectivity index (χ3v) is 5.87. The molecule has 1 fully saturated rings. The van der Waals surface area contributed by atoms with Crippen LogP contribution in [-0.4, -0.2) is 52.5 Å². The molecule has 4 rings (SSSR count). The molecule has 0 atom stereocenters. The number of pyridine rings is 1. The predicted octanol–water partition coefficient (Wildman–Crippen LogP) is 3.99. The van der Waals surface area contributed by atoms with Crippen molar-refractivity contribution in [1.82, 2.24) is 20.4 Å². The zero-order chi connectivity index (χ0) is 24.5. The van der Waals surface area contributed by atoms with Crippen molar-refractivity contribution in [3.63, 3.8) is 0 Å². The Labute approximate surface area is 207 Å². The number of benzene rings is 1. The van der Waals surface area contributed by atoms with Gasteiger partial charge in [0.2, 0.25) is 11.7 Å². The third-order valence-electron chi connectivity index (χ3n) is 5.50. The highest BCUT2D eigenvalue weighted by Gasteiger charge is 2.19. The van der Waals surface area contributed by atoms with Crippen molar-refractivity contribution in [2.24, 2.45) is 5.92 Å². The van der Waals surface area contributed by atoms with Crippen LogP contribution in [0.2, 0.25) is 5.02 Å². The van der Waals surface area contributed by atoms with Crippen molar-refractivity contribution >= 4 is 17.6 Å². The number of aromatic nitrogens is 3. The second-order valence-electron chi connectivity index (χ2n) is 8.11. The number of nitrogens with one attached hydrogen (secondary N) is 1. The molecule has 0 bridgehead atoms. The first kappa shape index (κ1) is 24.7. The molecule has 0 radical (unpaired) electrons. The molecule has 2 aromatic heterocycles. The van der Waals surface area contributed by atoms with E-state index >= 15 is 0 Å². The summed E-state index contributed by atoms with van der Waals surface area (Å²) in [5, 5.41) is 15.7. The maximum absolute atomic E-state index is 10.5. The highest BCUT2D eigenvalue weighted by Crippen LogP contribution is 2.34. The Bertz CT molecular complexity index is 1120. The number of rotatable bonds is 13. The van der Waals surface area contributed by atoms with E-state index in [0.29, 0.717) is 58.7 Å². The molecule has 3 aromatic rings. The molecule has 2 heterocycles. The van der Waals surface area contributed by atoms with E-state index in [-0.39, 0.29) is 19.8 Å². The minimum absolute atomic E-state index is 0.0331. The van der Waals surface area contributed by atoms with E-state index in [1.807, 2.05) is 6.07 Å². The van der Waals surface area contributed by atoms with Crippen molar-refractivity contribution in [2.45, 2.75) is 32.3 Å². The van der Waals surface area contributed by atoms with E-state index in [0.717, 1.165) is 0 Å². The standard InChI is InChI=1S/C24H27ClN4O6/c25-22-18(32-12-11-26-13-21(30)31)8-3-9-19(22)33-15-20-28-24(35-29-20)17-7-4-10-27-23(17)34-14-16-5-1-2-6-16/h3-4,7-10,16,26H,1-2,5-6,11-15H2,(H,30,31). The zero-order valence-electron chi connectivity index (χ0n) is 19.1. The van der Waals surface area contributed by atoms with E-state index in [4.69, 9.17) is 35.4 Å². The minimum Gasteiger partial charge on any atom is -0.491 e. The highest BCUT2D eigenvalue weighted by atomic mass is 35.5. The van der Waals surface area contributed by atoms with Gasteiger partial charge in [0.25, 0.3) is 5.89 Å². The SMILES string of the molecule is O=C(O)CNCCOc1cccc(OCc2noc(-c3cccnc3OCC3CCCC3)n2)c1Cl. The van der Waals surface area contributed by atoms with Crippen LogP contribution >= 0.6 is 11.6 Å². The van der Waals surface area contributed by atoms with Gasteiger partial charge in [-0.1, -0.05) is 35.7 Å². The van der Waals surface area contributed by atoms with Gasteiger partial charge in [0.1, 0.15) is 28.7 Å². The molecule has 10 nitrogen and oxygen atoms in total. The molecule has 0 amide bonds. The summed E-state index contributed by atoms with van der Waals surface area (Å²) in [7, 11) is 0. The number of carboxylic acids is 1. The number of ether oxygens (including phenoxy) is 3. The number of hydrogen-bond donors (Lipinski definition) is 2. The molecule has 2 N–H and O–H groups in total. The van der Waals surface area contributed by atoms with Gasteiger partial charge >= 0.3 is 5.97 Å². The van der Waals surface area contributed by atoms with Crippen LogP contribution in [0.25, 0.3) is 11.5 Å². The number of nitrogens with zero attached hydrogens (tertiary/aromatic N) is 3. The fourth-order valence-corrected chi connectivity index (χ4v) is 3.98. The fraction of sp³-hybridized carbons (Fsp3) is 0.417. The summed E-state index contributed by atoms with van der Waals surface area (Å²) < 4.78 is 22.8. The lowest BCUT2D eigenvalue weighted by Gasteiger charge is -2.12. The Balaban J connectivity index is 1.33. The summed E-state index contributed by atoms with van der Waals surface area (Å²) in [5.74, 6) is 1.56. The van der Waals surface area contributed by atoms with Gasteiger partial charge in [-0.05, 0) is 43.0 Å². The number of carbonyl (C=O) groups is 1. The van der Waals surface area contributed by atoms with Crippen LogP contribution in [0.5, 0.6) is 17.4 Å². The van der Waals surface area contributed by atoms with Crippen molar-refractivity contribution in [2.75, 3.05) is 26.3 Å². The van der Waals surface area contributed by atoms with E-state index in [2.05, 4.69) is 20.4 Å². The van der Waals surface area contributed by atoms with Gasteiger partial charge in [0, 0.05) is 12.7 Å². The van der Waals surface area contributed by atoms with Crippen LogP contribution in [-0.2, 0) is 11.4 Å². The van der Waals surface area contributed by atoms with E-state index < -0.39 is 5.97 Å². The first-order valence-corrected chi connectivity index (χ1v) is 11.9. The van der Waals surface area contributed by atoms with Crippen LogP contribution in [0.1, 0.15) is 31.5 Å². The third kappa shape index (κ3) is 7.06. The van der Waals surface area contributed by atoms with Gasteiger partial charge in [0.15, 0.2) is 6.61 Å². The molecule has 0 saturated heterocycles. The lowest BCUT2D eigenvalue weighted by Crippen LogP contribution is -2.26. The quantitative estimate of drug-likeness (QED) is 0.331. The van der Waals surface area contributed by atoms with Gasteiger partial charge in [-0.15, -0.1) is 0 Å². The Morgan fingerprint density at radius 1 is 1.14 bits per heavy atom. The number of carboxylic acid groups (broad SMARTS) is 1. The largest absolute Gasteiger partial charge is 0.491 e.